The lowest BCUT2D eigenvalue weighted by Crippen LogP contribution is -2.24. The smallest absolute Gasteiger partial charge is 0.356 e. The zero-order valence-corrected chi connectivity index (χ0v) is 15.8. The normalized spacial score (nSPS) is 11.9. The number of methoxy groups -OCH3 is 1. The summed E-state index contributed by atoms with van der Waals surface area (Å²) in [5.41, 5.74) is 0.290. The summed E-state index contributed by atoms with van der Waals surface area (Å²) < 4.78 is 36.8. The Bertz CT molecular complexity index is 735. The maximum atomic E-state index is 11.8. The van der Waals surface area contributed by atoms with Gasteiger partial charge in [0.15, 0.2) is 0 Å². The number of rotatable bonds is 7. The maximum Gasteiger partial charge on any atom is 0.356 e. The number of carbonyl (C=O) groups is 2. The topological polar surface area (TPSA) is 109 Å². The first-order valence-corrected chi connectivity index (χ1v) is 9.35. The average molecular weight is 373 g/mol. The number of ether oxygens (including phenoxy) is 2. The third-order valence-electron chi connectivity index (χ3n) is 2.79. The standard InChI is InChI=1S/C16H23NO7S/c1-16(2,3)24-14(18)7-6-11-8-12(10-23-25(5,20)21)17-13(9-11)15(19)22-4/h8-9H,6-7,10H2,1-5H3. The molecule has 0 unspecified atom stereocenters. The Kier molecular flexibility index (Phi) is 7.06. The highest BCUT2D eigenvalue weighted by Gasteiger charge is 2.17. The Morgan fingerprint density at radius 2 is 1.84 bits per heavy atom. The molecule has 0 spiro atoms. The van der Waals surface area contributed by atoms with Gasteiger partial charge in [0, 0.05) is 6.42 Å². The van der Waals surface area contributed by atoms with Crippen molar-refractivity contribution in [2.45, 2.75) is 45.8 Å². The van der Waals surface area contributed by atoms with Crippen molar-refractivity contribution in [1.29, 1.82) is 0 Å². The molecule has 0 radical (unpaired) electrons. The number of hydrogen-bond donors (Lipinski definition) is 0. The molecule has 0 atom stereocenters. The Morgan fingerprint density at radius 3 is 2.36 bits per heavy atom. The maximum absolute atomic E-state index is 11.8. The van der Waals surface area contributed by atoms with E-state index in [4.69, 9.17) is 8.92 Å². The van der Waals surface area contributed by atoms with Crippen molar-refractivity contribution in [1.82, 2.24) is 4.98 Å². The first kappa shape index (κ1) is 21.0. The van der Waals surface area contributed by atoms with Crippen LogP contribution in [0.4, 0.5) is 0 Å². The second-order valence-corrected chi connectivity index (χ2v) is 8.04. The number of aryl methyl sites for hydroxylation is 1. The van der Waals surface area contributed by atoms with Crippen LogP contribution in [-0.2, 0) is 41.6 Å². The minimum absolute atomic E-state index is 0.0105. The fourth-order valence-corrected chi connectivity index (χ4v) is 2.22. The van der Waals surface area contributed by atoms with E-state index in [1.807, 2.05) is 0 Å². The molecule has 140 valence electrons. The van der Waals surface area contributed by atoms with Gasteiger partial charge in [-0.3, -0.25) is 8.98 Å². The summed E-state index contributed by atoms with van der Waals surface area (Å²) in [6, 6.07) is 3.06. The summed E-state index contributed by atoms with van der Waals surface area (Å²) >= 11 is 0. The molecule has 0 amide bonds. The molecule has 0 saturated heterocycles. The van der Waals surface area contributed by atoms with Crippen LogP contribution in [0.15, 0.2) is 12.1 Å². The van der Waals surface area contributed by atoms with Crippen molar-refractivity contribution in [2.24, 2.45) is 0 Å². The fourth-order valence-electron chi connectivity index (χ4n) is 1.88. The van der Waals surface area contributed by atoms with E-state index in [9.17, 15) is 18.0 Å². The third kappa shape index (κ3) is 8.59. The lowest BCUT2D eigenvalue weighted by atomic mass is 10.1. The number of esters is 2. The van der Waals surface area contributed by atoms with Crippen LogP contribution in [0.3, 0.4) is 0 Å². The highest BCUT2D eigenvalue weighted by molar-refractivity contribution is 7.85. The second kappa shape index (κ2) is 8.39. The summed E-state index contributed by atoms with van der Waals surface area (Å²) in [6.45, 7) is 5.00. The number of hydrogen-bond acceptors (Lipinski definition) is 8. The Hall–Kier alpha value is -2.00. The minimum Gasteiger partial charge on any atom is -0.464 e. The van der Waals surface area contributed by atoms with E-state index in [0.717, 1.165) is 6.26 Å². The quantitative estimate of drug-likeness (QED) is 0.524. The molecule has 0 aliphatic rings. The van der Waals surface area contributed by atoms with Gasteiger partial charge in [0.05, 0.1) is 19.1 Å². The zero-order valence-electron chi connectivity index (χ0n) is 15.0. The predicted octanol–water partition coefficient (Wildman–Crippen LogP) is 1.62. The summed E-state index contributed by atoms with van der Waals surface area (Å²) in [6.07, 6.45) is 1.32. The summed E-state index contributed by atoms with van der Waals surface area (Å²) in [5, 5.41) is 0. The van der Waals surface area contributed by atoms with Crippen LogP contribution < -0.4 is 0 Å². The third-order valence-corrected chi connectivity index (χ3v) is 3.34. The minimum atomic E-state index is -3.65. The molecular formula is C16H23NO7S. The van der Waals surface area contributed by atoms with E-state index in [2.05, 4.69) is 9.72 Å². The Balaban J connectivity index is 2.93. The van der Waals surface area contributed by atoms with Gasteiger partial charge < -0.3 is 9.47 Å². The van der Waals surface area contributed by atoms with Crippen molar-refractivity contribution in [3.05, 3.63) is 29.1 Å². The molecule has 0 aliphatic carbocycles. The zero-order chi connectivity index (χ0) is 19.3. The van der Waals surface area contributed by atoms with E-state index in [1.54, 1.807) is 26.8 Å². The van der Waals surface area contributed by atoms with E-state index < -0.39 is 21.7 Å². The van der Waals surface area contributed by atoms with Gasteiger partial charge in [0.25, 0.3) is 10.1 Å². The first-order chi connectivity index (χ1) is 11.4. The molecule has 0 aromatic carbocycles. The average Bonchev–Trinajstić information content (AvgIpc) is 2.47. The van der Waals surface area contributed by atoms with Crippen LogP contribution in [0, 0.1) is 0 Å². The number of carbonyl (C=O) groups excluding carboxylic acids is 2. The van der Waals surface area contributed by atoms with Gasteiger partial charge in [-0.25, -0.2) is 9.78 Å². The van der Waals surface area contributed by atoms with Gasteiger partial charge in [-0.15, -0.1) is 0 Å². The number of aromatic nitrogens is 1. The molecule has 0 fully saturated rings. The van der Waals surface area contributed by atoms with Crippen molar-refractivity contribution < 1.29 is 31.7 Å². The summed E-state index contributed by atoms with van der Waals surface area (Å²) in [5.74, 6) is -1.04. The number of pyridine rings is 1. The molecule has 1 aromatic heterocycles. The lowest BCUT2D eigenvalue weighted by Gasteiger charge is -2.19. The highest BCUT2D eigenvalue weighted by Crippen LogP contribution is 2.14. The molecule has 0 saturated carbocycles. The molecule has 1 heterocycles. The summed E-state index contributed by atoms with van der Waals surface area (Å²) in [4.78, 5) is 27.5. The van der Waals surface area contributed by atoms with Gasteiger partial charge in [-0.05, 0) is 44.9 Å². The molecule has 0 aliphatic heterocycles. The van der Waals surface area contributed by atoms with Gasteiger partial charge in [-0.2, -0.15) is 8.42 Å². The van der Waals surface area contributed by atoms with E-state index >= 15 is 0 Å². The second-order valence-electron chi connectivity index (χ2n) is 6.40. The lowest BCUT2D eigenvalue weighted by molar-refractivity contribution is -0.154. The van der Waals surface area contributed by atoms with Gasteiger partial charge in [-0.1, -0.05) is 0 Å². The van der Waals surface area contributed by atoms with Crippen LogP contribution in [0.5, 0.6) is 0 Å². The van der Waals surface area contributed by atoms with Crippen molar-refractivity contribution >= 4 is 22.1 Å². The Morgan fingerprint density at radius 1 is 1.20 bits per heavy atom. The van der Waals surface area contributed by atoms with Crippen LogP contribution in [0.1, 0.15) is 48.9 Å². The molecule has 1 rings (SSSR count). The van der Waals surface area contributed by atoms with Gasteiger partial charge in [0.1, 0.15) is 17.9 Å². The summed E-state index contributed by atoms with van der Waals surface area (Å²) in [7, 11) is -2.44. The Labute approximate surface area is 147 Å². The van der Waals surface area contributed by atoms with Crippen LogP contribution in [0.25, 0.3) is 0 Å². The molecule has 0 bridgehead atoms. The van der Waals surface area contributed by atoms with Gasteiger partial charge in [0.2, 0.25) is 0 Å². The molecule has 8 nitrogen and oxygen atoms in total. The SMILES string of the molecule is COC(=O)c1cc(CCC(=O)OC(C)(C)C)cc(COS(C)(=O)=O)n1. The molecule has 9 heteroatoms. The molecular weight excluding hydrogens is 350 g/mol. The van der Waals surface area contributed by atoms with Gasteiger partial charge >= 0.3 is 11.9 Å². The fraction of sp³-hybridized carbons (Fsp3) is 0.562. The van der Waals surface area contributed by atoms with E-state index in [0.29, 0.717) is 12.0 Å². The van der Waals surface area contributed by atoms with E-state index in [1.165, 1.54) is 13.2 Å². The van der Waals surface area contributed by atoms with E-state index in [-0.39, 0.29) is 30.4 Å². The molecule has 0 N–H and O–H groups in total. The largest absolute Gasteiger partial charge is 0.464 e. The van der Waals surface area contributed by atoms with Crippen LogP contribution >= 0.6 is 0 Å². The molecule has 25 heavy (non-hydrogen) atoms. The van der Waals surface area contributed by atoms with Crippen LogP contribution in [0.2, 0.25) is 0 Å². The monoisotopic (exact) mass is 373 g/mol. The highest BCUT2D eigenvalue weighted by atomic mass is 32.2. The van der Waals surface area contributed by atoms with Crippen molar-refractivity contribution in [2.75, 3.05) is 13.4 Å². The molecule has 1 aromatic rings. The van der Waals surface area contributed by atoms with Crippen molar-refractivity contribution in [3.8, 4) is 0 Å². The van der Waals surface area contributed by atoms with Crippen LogP contribution in [-0.4, -0.2) is 44.3 Å². The number of nitrogens with zero attached hydrogens (tertiary/aromatic N) is 1. The predicted molar refractivity (Wildman–Crippen MR) is 89.4 cm³/mol. The first-order valence-electron chi connectivity index (χ1n) is 7.54. The van der Waals surface area contributed by atoms with Crippen molar-refractivity contribution in [3.63, 3.8) is 0 Å².